The van der Waals surface area contributed by atoms with E-state index >= 15 is 0 Å². The summed E-state index contributed by atoms with van der Waals surface area (Å²) in [6.07, 6.45) is 9.59. The number of fused-ring (bicyclic) bond motifs is 2. The van der Waals surface area contributed by atoms with Crippen molar-refractivity contribution in [3.05, 3.63) is 23.8 Å². The molecule has 2 aliphatic heterocycles. The molecular weight excluding hydrogens is 402 g/mol. The summed E-state index contributed by atoms with van der Waals surface area (Å²) in [6, 6.07) is 6.15. The van der Waals surface area contributed by atoms with Crippen LogP contribution in [0.2, 0.25) is 0 Å². The third-order valence-corrected chi connectivity index (χ3v) is 6.85. The molecule has 1 unspecified atom stereocenters. The maximum absolute atomic E-state index is 12.5. The molecule has 1 aromatic carbocycles. The van der Waals surface area contributed by atoms with Crippen LogP contribution < -0.4 is 9.47 Å². The zero-order chi connectivity index (χ0) is 23.2. The van der Waals surface area contributed by atoms with E-state index in [4.69, 9.17) is 14.2 Å². The predicted octanol–water partition coefficient (Wildman–Crippen LogP) is 5.88. The van der Waals surface area contributed by atoms with Crippen LogP contribution in [0, 0.1) is 0 Å². The maximum Gasteiger partial charge on any atom is 0.323 e. The minimum Gasteiger partial charge on any atom is -0.493 e. The van der Waals surface area contributed by atoms with Crippen LogP contribution in [-0.2, 0) is 14.9 Å². The lowest BCUT2D eigenvalue weighted by Crippen LogP contribution is -2.50. The van der Waals surface area contributed by atoms with Crippen LogP contribution in [0.4, 0.5) is 0 Å². The molecular formula is C27H43NO4. The van der Waals surface area contributed by atoms with Crippen molar-refractivity contribution in [2.75, 3.05) is 26.3 Å². The molecule has 1 fully saturated rings. The Hall–Kier alpha value is -1.75. The minimum atomic E-state index is -0.449. The number of carbonyl (C=O) groups is 1. The van der Waals surface area contributed by atoms with Crippen molar-refractivity contribution in [1.29, 1.82) is 0 Å². The van der Waals surface area contributed by atoms with Gasteiger partial charge >= 0.3 is 5.97 Å². The van der Waals surface area contributed by atoms with E-state index in [1.807, 2.05) is 27.7 Å². The van der Waals surface area contributed by atoms with Gasteiger partial charge in [0.05, 0.1) is 13.2 Å². The molecule has 5 nitrogen and oxygen atoms in total. The number of hydrogen-bond acceptors (Lipinski definition) is 5. The first kappa shape index (κ1) is 24.9. The number of carbonyl (C=O) groups excluding carboxylic acids is 1. The average Bonchev–Trinajstić information content (AvgIpc) is 3.09. The molecule has 0 amide bonds. The van der Waals surface area contributed by atoms with Crippen LogP contribution in [0.3, 0.4) is 0 Å². The predicted molar refractivity (Wildman–Crippen MR) is 129 cm³/mol. The summed E-state index contributed by atoms with van der Waals surface area (Å²) in [5, 5.41) is 0. The molecule has 180 valence electrons. The first-order valence-corrected chi connectivity index (χ1v) is 12.6. The summed E-state index contributed by atoms with van der Waals surface area (Å²) in [7, 11) is 0. The molecule has 2 heterocycles. The molecule has 0 N–H and O–H groups in total. The summed E-state index contributed by atoms with van der Waals surface area (Å²) in [5.41, 5.74) is 0.904. The maximum atomic E-state index is 12.5. The van der Waals surface area contributed by atoms with Crippen LogP contribution in [0.1, 0.15) is 91.5 Å². The Morgan fingerprint density at radius 3 is 2.50 bits per heavy atom. The molecule has 2 aliphatic rings. The number of ether oxygens (including phenoxy) is 3. The van der Waals surface area contributed by atoms with E-state index in [1.165, 1.54) is 37.7 Å². The van der Waals surface area contributed by atoms with Gasteiger partial charge in [-0.05, 0) is 66.1 Å². The number of benzene rings is 1. The Morgan fingerprint density at radius 1 is 1.12 bits per heavy atom. The standard InChI is InChI=1S/C27H43NO4/c1-6-7-8-9-10-11-18-30-22-12-13-23-24(19-22)31-20-27(23)14-16-28(17-15-27)21(2)25(29)32-26(3,4)5/h12-13,19,21H,6-11,14-18,20H2,1-5H3. The van der Waals surface area contributed by atoms with E-state index in [1.54, 1.807) is 0 Å². The zero-order valence-corrected chi connectivity index (χ0v) is 20.9. The van der Waals surface area contributed by atoms with E-state index in [0.29, 0.717) is 0 Å². The van der Waals surface area contributed by atoms with Crippen molar-refractivity contribution < 1.29 is 19.0 Å². The summed E-state index contributed by atoms with van der Waals surface area (Å²) in [4.78, 5) is 14.7. The van der Waals surface area contributed by atoms with Gasteiger partial charge in [-0.1, -0.05) is 45.1 Å². The van der Waals surface area contributed by atoms with Gasteiger partial charge in [-0.3, -0.25) is 9.69 Å². The SMILES string of the molecule is CCCCCCCCOc1ccc2c(c1)OCC21CCN(C(C)C(=O)OC(C)(C)C)CC1. The molecule has 0 aromatic heterocycles. The first-order valence-electron chi connectivity index (χ1n) is 12.6. The van der Waals surface area contributed by atoms with Gasteiger partial charge in [0.25, 0.3) is 0 Å². The zero-order valence-electron chi connectivity index (χ0n) is 20.9. The molecule has 32 heavy (non-hydrogen) atoms. The topological polar surface area (TPSA) is 48.0 Å². The van der Waals surface area contributed by atoms with Crippen molar-refractivity contribution in [2.24, 2.45) is 0 Å². The Morgan fingerprint density at radius 2 is 1.81 bits per heavy atom. The number of rotatable bonds is 10. The Kier molecular flexibility index (Phi) is 8.49. The van der Waals surface area contributed by atoms with E-state index in [2.05, 4.69) is 30.0 Å². The van der Waals surface area contributed by atoms with Gasteiger partial charge in [-0.15, -0.1) is 0 Å². The average molecular weight is 446 g/mol. The monoisotopic (exact) mass is 445 g/mol. The van der Waals surface area contributed by atoms with Crippen LogP contribution in [0.15, 0.2) is 18.2 Å². The summed E-state index contributed by atoms with van der Waals surface area (Å²) >= 11 is 0. The van der Waals surface area contributed by atoms with Gasteiger partial charge in [0.1, 0.15) is 23.1 Å². The molecule has 1 saturated heterocycles. The van der Waals surface area contributed by atoms with Crippen molar-refractivity contribution in [1.82, 2.24) is 4.90 Å². The van der Waals surface area contributed by atoms with Crippen LogP contribution in [0.25, 0.3) is 0 Å². The third-order valence-electron chi connectivity index (χ3n) is 6.85. The van der Waals surface area contributed by atoms with Gasteiger partial charge in [-0.25, -0.2) is 0 Å². The summed E-state index contributed by atoms with van der Waals surface area (Å²) in [6.45, 7) is 13.2. The highest BCUT2D eigenvalue weighted by molar-refractivity contribution is 5.75. The van der Waals surface area contributed by atoms with Crippen molar-refractivity contribution in [3.63, 3.8) is 0 Å². The number of likely N-dealkylation sites (tertiary alicyclic amines) is 1. The smallest absolute Gasteiger partial charge is 0.323 e. The second-order valence-corrected chi connectivity index (χ2v) is 10.6. The lowest BCUT2D eigenvalue weighted by molar-refractivity contribution is -0.161. The van der Waals surface area contributed by atoms with Crippen LogP contribution in [0.5, 0.6) is 11.5 Å². The summed E-state index contributed by atoms with van der Waals surface area (Å²) in [5.74, 6) is 1.74. The van der Waals surface area contributed by atoms with Crippen LogP contribution in [-0.4, -0.2) is 48.8 Å². The highest BCUT2D eigenvalue weighted by Crippen LogP contribution is 2.47. The van der Waals surface area contributed by atoms with Crippen molar-refractivity contribution >= 4 is 5.97 Å². The van der Waals surface area contributed by atoms with Crippen molar-refractivity contribution in [2.45, 2.75) is 103 Å². The van der Waals surface area contributed by atoms with E-state index in [-0.39, 0.29) is 17.4 Å². The van der Waals surface area contributed by atoms with E-state index in [0.717, 1.165) is 57.1 Å². The van der Waals surface area contributed by atoms with E-state index < -0.39 is 5.60 Å². The van der Waals surface area contributed by atoms with Gasteiger partial charge in [0.2, 0.25) is 0 Å². The van der Waals surface area contributed by atoms with Gasteiger partial charge in [0.15, 0.2) is 0 Å². The number of unbranched alkanes of at least 4 members (excludes halogenated alkanes) is 5. The van der Waals surface area contributed by atoms with Gasteiger partial charge < -0.3 is 14.2 Å². The Labute approximate surface area is 194 Å². The number of esters is 1. The van der Waals surface area contributed by atoms with Crippen LogP contribution >= 0.6 is 0 Å². The second kappa shape index (κ2) is 10.9. The fraction of sp³-hybridized carbons (Fsp3) is 0.741. The molecule has 0 bridgehead atoms. The summed E-state index contributed by atoms with van der Waals surface area (Å²) < 4.78 is 17.7. The number of hydrogen-bond donors (Lipinski definition) is 0. The number of piperidine rings is 1. The fourth-order valence-electron chi connectivity index (χ4n) is 4.81. The number of nitrogens with zero attached hydrogens (tertiary/aromatic N) is 1. The fourth-order valence-corrected chi connectivity index (χ4v) is 4.81. The molecule has 1 spiro atoms. The molecule has 1 aromatic rings. The van der Waals surface area contributed by atoms with Gasteiger partial charge in [0, 0.05) is 17.0 Å². The molecule has 3 rings (SSSR count). The largest absolute Gasteiger partial charge is 0.493 e. The molecule has 0 saturated carbocycles. The molecule has 5 heteroatoms. The highest BCUT2D eigenvalue weighted by Gasteiger charge is 2.44. The lowest BCUT2D eigenvalue weighted by atomic mass is 9.74. The highest BCUT2D eigenvalue weighted by atomic mass is 16.6. The minimum absolute atomic E-state index is 0.0529. The quantitative estimate of drug-likeness (QED) is 0.332. The second-order valence-electron chi connectivity index (χ2n) is 10.6. The normalized spacial score (nSPS) is 18.8. The van der Waals surface area contributed by atoms with E-state index in [9.17, 15) is 4.79 Å². The molecule has 0 aliphatic carbocycles. The molecule has 0 radical (unpaired) electrons. The molecule has 1 atom stereocenters. The van der Waals surface area contributed by atoms with Crippen molar-refractivity contribution in [3.8, 4) is 11.5 Å². The first-order chi connectivity index (χ1) is 15.2. The lowest BCUT2D eigenvalue weighted by Gasteiger charge is -2.40. The Balaban J connectivity index is 1.49. The Bertz CT molecular complexity index is 747. The van der Waals surface area contributed by atoms with Gasteiger partial charge in [-0.2, -0.15) is 0 Å². The third kappa shape index (κ3) is 6.40.